The van der Waals surface area contributed by atoms with Crippen LogP contribution in [0.15, 0.2) is 134 Å². The first-order valence-corrected chi connectivity index (χ1v) is 13.1. The fourth-order valence-corrected chi connectivity index (χ4v) is 4.93. The summed E-state index contributed by atoms with van der Waals surface area (Å²) in [5.74, 6) is 0. The molecule has 0 spiro atoms. The third kappa shape index (κ3) is 5.36. The van der Waals surface area contributed by atoms with E-state index < -0.39 is 0 Å². The van der Waals surface area contributed by atoms with Gasteiger partial charge in [-0.25, -0.2) is 0 Å². The van der Waals surface area contributed by atoms with Gasteiger partial charge in [0.25, 0.3) is 0 Å². The van der Waals surface area contributed by atoms with Gasteiger partial charge < -0.3 is 4.98 Å². The van der Waals surface area contributed by atoms with Gasteiger partial charge in [-0.05, 0) is 34.1 Å². The fourth-order valence-electron chi connectivity index (χ4n) is 4.93. The van der Waals surface area contributed by atoms with Gasteiger partial charge in [-0.3, -0.25) is 9.97 Å². The molecule has 5 aromatic carbocycles. The minimum atomic E-state index is 0. The molecule has 41 heavy (non-hydrogen) atoms. The van der Waals surface area contributed by atoms with Gasteiger partial charge in [0.15, 0.2) is 0 Å². The summed E-state index contributed by atoms with van der Waals surface area (Å²) >= 11 is 0. The summed E-state index contributed by atoms with van der Waals surface area (Å²) in [7, 11) is 0. The summed E-state index contributed by atoms with van der Waals surface area (Å²) in [6.45, 7) is 0. The van der Waals surface area contributed by atoms with Gasteiger partial charge >= 0.3 is 20.1 Å². The van der Waals surface area contributed by atoms with Crippen molar-refractivity contribution in [3.63, 3.8) is 0 Å². The van der Waals surface area contributed by atoms with Crippen LogP contribution in [0.1, 0.15) is 0 Å². The van der Waals surface area contributed by atoms with Gasteiger partial charge in [0.1, 0.15) is 0 Å². The molecule has 0 amide bonds. The van der Waals surface area contributed by atoms with Crippen LogP contribution < -0.4 is 0 Å². The number of hydrogen-bond donors (Lipinski definition) is 0. The molecule has 194 valence electrons. The van der Waals surface area contributed by atoms with E-state index in [0.717, 1.165) is 60.5 Å². The Morgan fingerprint density at radius 1 is 0.439 bits per heavy atom. The Labute approximate surface area is 251 Å². The first-order chi connectivity index (χ1) is 19.8. The second-order valence-corrected chi connectivity index (χ2v) is 9.44. The zero-order valence-electron chi connectivity index (χ0n) is 21.9. The molecule has 0 N–H and O–H groups in total. The number of benzene rings is 5. The summed E-state index contributed by atoms with van der Waals surface area (Å²) in [5, 5.41) is 6.71. The van der Waals surface area contributed by atoms with Gasteiger partial charge in [-0.2, -0.15) is 0 Å². The van der Waals surface area contributed by atoms with E-state index in [0.29, 0.717) is 0 Å². The maximum Gasteiger partial charge on any atom is 3.00 e. The normalized spacial score (nSPS) is 10.7. The van der Waals surface area contributed by atoms with Crippen molar-refractivity contribution in [3.8, 4) is 22.5 Å². The van der Waals surface area contributed by atoms with Gasteiger partial charge in [0.2, 0.25) is 0 Å². The van der Waals surface area contributed by atoms with Crippen LogP contribution in [0.4, 0.5) is 0 Å². The maximum atomic E-state index is 4.81. The van der Waals surface area contributed by atoms with Crippen LogP contribution in [0.2, 0.25) is 0 Å². The van der Waals surface area contributed by atoms with Crippen LogP contribution in [0.3, 0.4) is 0 Å². The van der Waals surface area contributed by atoms with E-state index in [4.69, 9.17) is 4.98 Å². The summed E-state index contributed by atoms with van der Waals surface area (Å²) in [5.41, 5.74) is 5.88. The molecule has 0 fully saturated rings. The van der Waals surface area contributed by atoms with Crippen molar-refractivity contribution < 1.29 is 20.1 Å². The standard InChI is InChI=1S/C19H11N.C18H11N2.Ir/c1-2-7-15(8-3-1)18-13-12-16-11-10-14-6-4-5-9-17(14)19(16)20-18;1-2-10-19-17(5-1)15-9-7-13-6-8-14-4-3-11-20-18(14)16(13)12-15;/h1-7,10-13H;1-11H;/q-2;-1;+3. The van der Waals surface area contributed by atoms with Crippen molar-refractivity contribution in [2.75, 3.05) is 0 Å². The minimum absolute atomic E-state index is 0. The number of pyridine rings is 3. The fraction of sp³-hybridized carbons (Fsp3) is 0. The summed E-state index contributed by atoms with van der Waals surface area (Å²) in [6, 6.07) is 50.6. The molecule has 3 aromatic heterocycles. The third-order valence-electron chi connectivity index (χ3n) is 6.92. The molecule has 0 aliphatic carbocycles. The number of rotatable bonds is 2. The molecule has 3 heterocycles. The molecule has 8 rings (SSSR count). The molecule has 3 nitrogen and oxygen atoms in total. The molecule has 0 saturated heterocycles. The van der Waals surface area contributed by atoms with Crippen LogP contribution in [-0.4, -0.2) is 15.0 Å². The van der Waals surface area contributed by atoms with Crippen LogP contribution >= 0.6 is 0 Å². The largest absolute Gasteiger partial charge is 3.00 e. The van der Waals surface area contributed by atoms with Gasteiger partial charge in [0.05, 0.1) is 0 Å². The van der Waals surface area contributed by atoms with Gasteiger partial charge in [-0.1, -0.05) is 70.9 Å². The second kappa shape index (κ2) is 11.8. The molecule has 0 saturated carbocycles. The SMILES string of the molecule is [Ir+3].[c-]1c(-c2ccccn2)ccc2ccc3cccnc3c12.[c-]1ccccc1-c1ccc2ccc3ccc[c-]c3c2n1. The number of fused-ring (bicyclic) bond motifs is 6. The van der Waals surface area contributed by atoms with Crippen LogP contribution in [-0.2, 0) is 20.1 Å². The zero-order chi connectivity index (χ0) is 26.7. The Balaban J connectivity index is 0.000000144. The van der Waals surface area contributed by atoms with Crippen LogP contribution in [0.5, 0.6) is 0 Å². The smallest absolute Gasteiger partial charge is 0.344 e. The molecule has 0 atom stereocenters. The van der Waals surface area contributed by atoms with Crippen molar-refractivity contribution in [1.82, 2.24) is 15.0 Å². The molecule has 8 aromatic rings. The van der Waals surface area contributed by atoms with E-state index in [1.54, 1.807) is 6.20 Å². The van der Waals surface area contributed by atoms with Crippen molar-refractivity contribution >= 4 is 43.4 Å². The first-order valence-electron chi connectivity index (χ1n) is 13.1. The predicted molar refractivity (Wildman–Crippen MR) is 164 cm³/mol. The molecule has 0 bridgehead atoms. The van der Waals surface area contributed by atoms with Crippen molar-refractivity contribution in [3.05, 3.63) is 152 Å². The first kappa shape index (κ1) is 26.5. The molecule has 4 heteroatoms. The summed E-state index contributed by atoms with van der Waals surface area (Å²) < 4.78 is 0. The molecule has 0 aliphatic rings. The molecular formula is C37H22IrN3. The van der Waals surface area contributed by atoms with E-state index in [9.17, 15) is 0 Å². The Bertz CT molecular complexity index is 1950. The summed E-state index contributed by atoms with van der Waals surface area (Å²) in [6.07, 6.45) is 3.62. The topological polar surface area (TPSA) is 38.7 Å². The summed E-state index contributed by atoms with van der Waals surface area (Å²) in [4.78, 5) is 13.7. The molecule has 0 radical (unpaired) electrons. The van der Waals surface area contributed by atoms with E-state index in [-0.39, 0.29) is 20.1 Å². The quantitative estimate of drug-likeness (QED) is 0.134. The molecule has 0 unspecified atom stereocenters. The minimum Gasteiger partial charge on any atom is -0.344 e. The van der Waals surface area contributed by atoms with Crippen LogP contribution in [0, 0.1) is 18.2 Å². The Morgan fingerprint density at radius 2 is 1.15 bits per heavy atom. The zero-order valence-corrected chi connectivity index (χ0v) is 24.3. The third-order valence-corrected chi connectivity index (χ3v) is 6.92. The van der Waals surface area contributed by atoms with Gasteiger partial charge in [-0.15, -0.1) is 89.1 Å². The average molecular weight is 701 g/mol. The second-order valence-electron chi connectivity index (χ2n) is 9.44. The predicted octanol–water partition coefficient (Wildman–Crippen LogP) is 8.90. The van der Waals surface area contributed by atoms with E-state index >= 15 is 0 Å². The maximum absolute atomic E-state index is 4.81. The van der Waals surface area contributed by atoms with Crippen molar-refractivity contribution in [2.45, 2.75) is 0 Å². The Kier molecular flexibility index (Phi) is 7.60. The van der Waals surface area contributed by atoms with E-state index in [1.165, 1.54) is 5.39 Å². The monoisotopic (exact) mass is 701 g/mol. The van der Waals surface area contributed by atoms with Gasteiger partial charge in [0, 0.05) is 23.6 Å². The molecule has 0 aliphatic heterocycles. The number of aromatic nitrogens is 3. The van der Waals surface area contributed by atoms with Crippen molar-refractivity contribution in [1.29, 1.82) is 0 Å². The van der Waals surface area contributed by atoms with Crippen molar-refractivity contribution in [2.24, 2.45) is 0 Å². The Hall–Kier alpha value is -4.76. The van der Waals surface area contributed by atoms with Crippen LogP contribution in [0.25, 0.3) is 65.9 Å². The number of hydrogen-bond acceptors (Lipinski definition) is 3. The molecular weight excluding hydrogens is 679 g/mol. The average Bonchev–Trinajstić information content (AvgIpc) is 3.05. The number of nitrogens with zero attached hydrogens (tertiary/aromatic N) is 3. The van der Waals surface area contributed by atoms with E-state index in [2.05, 4.69) is 82.8 Å². The van der Waals surface area contributed by atoms with E-state index in [1.807, 2.05) is 72.9 Å². The Morgan fingerprint density at radius 3 is 1.98 bits per heavy atom.